The number of carbonyl (C=O) groups is 1. The second-order valence-corrected chi connectivity index (χ2v) is 2.24. The van der Waals surface area contributed by atoms with Crippen molar-refractivity contribution in [2.24, 2.45) is 0 Å². The third-order valence-corrected chi connectivity index (χ3v) is 1.37. The van der Waals surface area contributed by atoms with Crippen LogP contribution in [0.1, 0.15) is 5.56 Å². The van der Waals surface area contributed by atoms with Crippen LogP contribution in [0.3, 0.4) is 0 Å². The van der Waals surface area contributed by atoms with Crippen molar-refractivity contribution in [3.63, 3.8) is 0 Å². The van der Waals surface area contributed by atoms with E-state index in [-0.39, 0.29) is 11.5 Å². The van der Waals surface area contributed by atoms with Gasteiger partial charge in [-0.2, -0.15) is 0 Å². The molecule has 1 rings (SSSR count). The van der Waals surface area contributed by atoms with E-state index >= 15 is 0 Å². The molecule has 1 aromatic carbocycles. The average molecular weight is 164 g/mol. The van der Waals surface area contributed by atoms with Crippen molar-refractivity contribution in [1.82, 2.24) is 0 Å². The Morgan fingerprint density at radius 3 is 2.58 bits per heavy atom. The summed E-state index contributed by atoms with van der Waals surface area (Å²) in [6.07, 6.45) is 3.35. The van der Waals surface area contributed by atoms with Crippen molar-refractivity contribution in [2.45, 2.75) is 0 Å². The summed E-state index contributed by atoms with van der Waals surface area (Å²) in [5.41, 5.74) is 0.500. The molecule has 62 valence electrons. The van der Waals surface area contributed by atoms with Crippen molar-refractivity contribution in [2.75, 3.05) is 0 Å². The summed E-state index contributed by atoms with van der Waals surface area (Å²) in [6, 6.07) is 4.17. The number of aldehydes is 1. The predicted octanol–water partition coefficient (Wildman–Crippen LogP) is 1.31. The molecule has 0 heterocycles. The number of carbonyl (C=O) groups excluding carboxylic acids is 1. The molecule has 0 unspecified atom stereocenters. The Hall–Kier alpha value is -1.77. The van der Waals surface area contributed by atoms with Gasteiger partial charge in [-0.25, -0.2) is 0 Å². The van der Waals surface area contributed by atoms with Gasteiger partial charge < -0.3 is 10.2 Å². The highest BCUT2D eigenvalue weighted by Gasteiger charge is 1.96. The lowest BCUT2D eigenvalue weighted by Crippen LogP contribution is -1.74. The van der Waals surface area contributed by atoms with E-state index in [1.54, 1.807) is 0 Å². The minimum Gasteiger partial charge on any atom is -0.508 e. The van der Waals surface area contributed by atoms with Crippen molar-refractivity contribution >= 4 is 12.4 Å². The molecule has 1 aromatic rings. The summed E-state index contributed by atoms with van der Waals surface area (Å²) in [7, 11) is 0. The molecule has 2 N–H and O–H groups in total. The van der Waals surface area contributed by atoms with Gasteiger partial charge in [-0.1, -0.05) is 0 Å². The third-order valence-electron chi connectivity index (χ3n) is 1.37. The number of phenols is 2. The maximum absolute atomic E-state index is 9.94. The maximum Gasteiger partial charge on any atom is 0.142 e. The molecule has 0 fully saturated rings. The Bertz CT molecular complexity index is 316. The molecular formula is C9H8O3. The van der Waals surface area contributed by atoms with E-state index in [2.05, 4.69) is 0 Å². The number of benzene rings is 1. The molecule has 3 nitrogen and oxygen atoms in total. The number of aromatic hydroxyl groups is 2. The van der Waals surface area contributed by atoms with E-state index in [1.807, 2.05) is 0 Å². The zero-order valence-corrected chi connectivity index (χ0v) is 6.27. The van der Waals surface area contributed by atoms with Crippen LogP contribution in [0.4, 0.5) is 0 Å². The lowest BCUT2D eigenvalue weighted by Gasteiger charge is -1.97. The summed E-state index contributed by atoms with van der Waals surface area (Å²) >= 11 is 0. The molecule has 0 aliphatic rings. The lowest BCUT2D eigenvalue weighted by atomic mass is 10.2. The molecule has 0 bridgehead atoms. The lowest BCUT2D eigenvalue weighted by molar-refractivity contribution is -0.104. The molecular weight excluding hydrogens is 156 g/mol. The fourth-order valence-corrected chi connectivity index (χ4v) is 0.816. The van der Waals surface area contributed by atoms with Crippen LogP contribution in [0.15, 0.2) is 24.3 Å². The highest BCUT2D eigenvalue weighted by Crippen LogP contribution is 2.23. The number of phenolic OH excluding ortho intramolecular Hbond substituents is 2. The van der Waals surface area contributed by atoms with E-state index in [1.165, 1.54) is 30.4 Å². The van der Waals surface area contributed by atoms with Crippen molar-refractivity contribution in [1.29, 1.82) is 0 Å². The van der Waals surface area contributed by atoms with Gasteiger partial charge in [-0.3, -0.25) is 4.79 Å². The Balaban J connectivity index is 3.01. The van der Waals surface area contributed by atoms with Gasteiger partial charge in [0.1, 0.15) is 17.8 Å². The Morgan fingerprint density at radius 2 is 2.00 bits per heavy atom. The maximum atomic E-state index is 9.94. The monoisotopic (exact) mass is 164 g/mol. The SMILES string of the molecule is O=C/C=C/c1ccc(O)cc1O. The minimum atomic E-state index is -0.0481. The van der Waals surface area contributed by atoms with E-state index in [9.17, 15) is 9.90 Å². The van der Waals surface area contributed by atoms with Gasteiger partial charge in [0.2, 0.25) is 0 Å². The third kappa shape index (κ3) is 1.85. The Labute approximate surface area is 69.6 Å². The molecule has 0 aliphatic carbocycles. The summed E-state index contributed by atoms with van der Waals surface area (Å²) in [4.78, 5) is 9.94. The number of hydrogen-bond donors (Lipinski definition) is 2. The second-order valence-electron chi connectivity index (χ2n) is 2.24. The van der Waals surface area contributed by atoms with Gasteiger partial charge in [0.15, 0.2) is 0 Å². The standard InChI is InChI=1S/C9H8O3/c10-5-1-2-7-3-4-8(11)6-9(7)12/h1-6,11-12H/b2-1+. The fourth-order valence-electron chi connectivity index (χ4n) is 0.816. The smallest absolute Gasteiger partial charge is 0.142 e. The molecule has 0 saturated heterocycles. The minimum absolute atomic E-state index is 0.00393. The summed E-state index contributed by atoms with van der Waals surface area (Å²) in [5.74, 6) is -0.0520. The van der Waals surface area contributed by atoms with Crippen LogP contribution >= 0.6 is 0 Å². The van der Waals surface area contributed by atoms with Gasteiger partial charge in [0.05, 0.1) is 0 Å². The van der Waals surface area contributed by atoms with Crippen LogP contribution < -0.4 is 0 Å². The Kier molecular flexibility index (Phi) is 2.48. The zero-order valence-electron chi connectivity index (χ0n) is 6.27. The van der Waals surface area contributed by atoms with Crippen LogP contribution in [-0.4, -0.2) is 16.5 Å². The molecule has 12 heavy (non-hydrogen) atoms. The molecule has 0 atom stereocenters. The Morgan fingerprint density at radius 1 is 1.25 bits per heavy atom. The first-order valence-corrected chi connectivity index (χ1v) is 3.38. The summed E-state index contributed by atoms with van der Waals surface area (Å²) < 4.78 is 0. The van der Waals surface area contributed by atoms with Crippen LogP contribution in [0, 0.1) is 0 Å². The van der Waals surface area contributed by atoms with E-state index in [0.29, 0.717) is 11.8 Å². The molecule has 0 saturated carbocycles. The van der Waals surface area contributed by atoms with Crippen LogP contribution in [0.5, 0.6) is 11.5 Å². The average Bonchev–Trinajstić information content (AvgIpc) is 2.03. The number of hydrogen-bond acceptors (Lipinski definition) is 3. The zero-order chi connectivity index (χ0) is 8.97. The molecule has 0 amide bonds. The van der Waals surface area contributed by atoms with Crippen molar-refractivity contribution < 1.29 is 15.0 Å². The second kappa shape index (κ2) is 3.57. The number of rotatable bonds is 2. The van der Waals surface area contributed by atoms with Gasteiger partial charge >= 0.3 is 0 Å². The topological polar surface area (TPSA) is 57.5 Å². The fraction of sp³-hybridized carbons (Fsp3) is 0. The van der Waals surface area contributed by atoms with E-state index in [0.717, 1.165) is 0 Å². The van der Waals surface area contributed by atoms with E-state index in [4.69, 9.17) is 5.11 Å². The first kappa shape index (κ1) is 8.33. The van der Waals surface area contributed by atoms with E-state index < -0.39 is 0 Å². The quantitative estimate of drug-likeness (QED) is 0.511. The molecule has 0 aromatic heterocycles. The van der Waals surface area contributed by atoms with Gasteiger partial charge in [0.25, 0.3) is 0 Å². The van der Waals surface area contributed by atoms with Gasteiger partial charge in [-0.05, 0) is 24.3 Å². The number of allylic oxidation sites excluding steroid dienone is 1. The predicted molar refractivity (Wildman–Crippen MR) is 44.9 cm³/mol. The molecule has 0 spiro atoms. The normalized spacial score (nSPS) is 10.3. The highest BCUT2D eigenvalue weighted by molar-refractivity contribution is 5.75. The highest BCUT2D eigenvalue weighted by atomic mass is 16.3. The van der Waals surface area contributed by atoms with Crippen LogP contribution in [0.2, 0.25) is 0 Å². The first-order valence-electron chi connectivity index (χ1n) is 3.38. The summed E-state index contributed by atoms with van der Waals surface area (Å²) in [6.45, 7) is 0. The molecule has 0 aliphatic heterocycles. The van der Waals surface area contributed by atoms with Gasteiger partial charge in [0, 0.05) is 11.6 Å². The molecule has 3 heteroatoms. The van der Waals surface area contributed by atoms with Crippen LogP contribution in [0.25, 0.3) is 6.08 Å². The largest absolute Gasteiger partial charge is 0.508 e. The van der Waals surface area contributed by atoms with Crippen molar-refractivity contribution in [3.8, 4) is 11.5 Å². The van der Waals surface area contributed by atoms with Crippen LogP contribution in [-0.2, 0) is 4.79 Å². The summed E-state index contributed by atoms with van der Waals surface area (Å²) in [5, 5.41) is 18.1. The van der Waals surface area contributed by atoms with Gasteiger partial charge in [-0.15, -0.1) is 0 Å². The van der Waals surface area contributed by atoms with Crippen molar-refractivity contribution in [3.05, 3.63) is 29.8 Å². The first-order chi connectivity index (χ1) is 5.74. The molecule has 0 radical (unpaired) electrons.